The summed E-state index contributed by atoms with van der Waals surface area (Å²) >= 11 is 0. The number of hydrogen-bond donors (Lipinski definition) is 3. The third-order valence-electron chi connectivity index (χ3n) is 7.91. The lowest BCUT2D eigenvalue weighted by Gasteiger charge is -2.45. The van der Waals surface area contributed by atoms with E-state index in [1.165, 1.54) is 14.0 Å². The van der Waals surface area contributed by atoms with Crippen molar-refractivity contribution in [2.75, 3.05) is 12.4 Å². The Morgan fingerprint density at radius 2 is 1.62 bits per heavy atom. The molecule has 3 N–H and O–H groups in total. The number of alkyl halides is 2. The summed E-state index contributed by atoms with van der Waals surface area (Å²) in [5.41, 5.74) is -1.76. The molecule has 2 bridgehead atoms. The van der Waals surface area contributed by atoms with E-state index in [4.69, 9.17) is 0 Å². The van der Waals surface area contributed by atoms with Crippen LogP contribution in [0.5, 0.6) is 0 Å². The van der Waals surface area contributed by atoms with Crippen LogP contribution in [0.15, 0.2) is 12.1 Å². The summed E-state index contributed by atoms with van der Waals surface area (Å²) in [5.74, 6) is -11.5. The minimum absolute atomic E-state index is 0.00461. The molecule has 3 unspecified atom stereocenters. The normalized spacial score (nSPS) is 26.4. The second-order valence-electron chi connectivity index (χ2n) is 10.1. The van der Waals surface area contributed by atoms with Gasteiger partial charge in [0.2, 0.25) is 5.91 Å². The Bertz CT molecular complexity index is 1430. The van der Waals surface area contributed by atoms with Crippen LogP contribution in [0.3, 0.4) is 0 Å². The molecule has 1 aromatic carbocycles. The van der Waals surface area contributed by atoms with E-state index < -0.39 is 65.3 Å². The Kier molecular flexibility index (Phi) is 4.57. The molecule has 3 fully saturated rings. The number of benzene rings is 1. The lowest BCUT2D eigenvalue weighted by molar-refractivity contribution is -0.164. The van der Waals surface area contributed by atoms with Crippen molar-refractivity contribution in [1.82, 2.24) is 15.2 Å². The van der Waals surface area contributed by atoms with Gasteiger partial charge < -0.3 is 20.5 Å². The van der Waals surface area contributed by atoms with E-state index in [2.05, 4.69) is 16.0 Å². The van der Waals surface area contributed by atoms with E-state index in [0.29, 0.717) is 17.8 Å². The molecule has 2 aromatic rings. The van der Waals surface area contributed by atoms with Gasteiger partial charge in [-0.1, -0.05) is 0 Å². The van der Waals surface area contributed by atoms with Crippen LogP contribution in [0, 0.1) is 36.2 Å². The molecular formula is C24H19F5N4O4. The van der Waals surface area contributed by atoms with Crippen LogP contribution < -0.4 is 16.0 Å². The largest absolute Gasteiger partial charge is 0.357 e. The molecule has 8 nitrogen and oxygen atoms in total. The average Bonchev–Trinajstić information content (AvgIpc) is 3.60. The van der Waals surface area contributed by atoms with Gasteiger partial charge in [-0.3, -0.25) is 19.2 Å². The Balaban J connectivity index is 1.31. The fourth-order valence-electron chi connectivity index (χ4n) is 6.21. The number of halogens is 5. The van der Waals surface area contributed by atoms with E-state index >= 15 is 0 Å². The van der Waals surface area contributed by atoms with E-state index in [0.717, 1.165) is 0 Å². The topological polar surface area (TPSA) is 109 Å². The number of carbonyl (C=O) groups excluding carboxylic acids is 4. The number of rotatable bonds is 6. The molecule has 3 aliphatic carbocycles. The summed E-state index contributed by atoms with van der Waals surface area (Å²) in [6, 6.07) is 1.15. The number of aromatic nitrogens is 1. The molecule has 1 aromatic heterocycles. The number of nitrogens with one attached hydrogen (secondary N) is 3. The molecule has 194 valence electrons. The fraction of sp³-hybridized carbons (Fsp3) is 0.417. The van der Waals surface area contributed by atoms with Gasteiger partial charge in [0, 0.05) is 55.4 Å². The maximum atomic E-state index is 13.6. The highest BCUT2D eigenvalue weighted by Gasteiger charge is 2.81. The fourth-order valence-corrected chi connectivity index (χ4v) is 6.21. The van der Waals surface area contributed by atoms with Crippen molar-refractivity contribution in [1.29, 1.82) is 0 Å². The molecule has 37 heavy (non-hydrogen) atoms. The maximum absolute atomic E-state index is 13.6. The number of hydrogen-bond acceptors (Lipinski definition) is 4. The number of amides is 3. The molecule has 3 saturated carbocycles. The van der Waals surface area contributed by atoms with Crippen molar-refractivity contribution in [3.8, 4) is 0 Å². The van der Waals surface area contributed by atoms with Gasteiger partial charge in [0.25, 0.3) is 23.5 Å². The van der Waals surface area contributed by atoms with Gasteiger partial charge in [-0.25, -0.2) is 22.0 Å². The summed E-state index contributed by atoms with van der Waals surface area (Å²) in [7, 11) is 1.22. The summed E-state index contributed by atoms with van der Waals surface area (Å²) in [4.78, 5) is 51.6. The van der Waals surface area contributed by atoms with Gasteiger partial charge in [-0.15, -0.1) is 0 Å². The molecule has 5 aliphatic rings. The van der Waals surface area contributed by atoms with Crippen LogP contribution in [0.1, 0.15) is 56.9 Å². The van der Waals surface area contributed by atoms with E-state index in [9.17, 15) is 41.1 Å². The van der Waals surface area contributed by atoms with Crippen molar-refractivity contribution in [3.63, 3.8) is 0 Å². The molecular weight excluding hydrogens is 503 g/mol. The van der Waals surface area contributed by atoms with Gasteiger partial charge in [0.05, 0.1) is 5.56 Å². The second-order valence-corrected chi connectivity index (χ2v) is 10.1. The number of nitrogens with zero attached hydrogens (tertiary/aromatic N) is 1. The van der Waals surface area contributed by atoms with E-state index in [1.54, 1.807) is 4.57 Å². The van der Waals surface area contributed by atoms with Crippen LogP contribution in [0.2, 0.25) is 0 Å². The minimum Gasteiger partial charge on any atom is -0.357 e. The first-order chi connectivity index (χ1) is 17.3. The predicted octanol–water partition coefficient (Wildman–Crippen LogP) is 2.58. The molecule has 3 amide bonds. The van der Waals surface area contributed by atoms with Gasteiger partial charge in [-0.05, 0) is 24.3 Å². The summed E-state index contributed by atoms with van der Waals surface area (Å²) in [5, 5.41) is 6.70. The molecule has 3 heterocycles. The predicted molar refractivity (Wildman–Crippen MR) is 116 cm³/mol. The van der Waals surface area contributed by atoms with Crippen molar-refractivity contribution in [3.05, 3.63) is 52.1 Å². The summed E-state index contributed by atoms with van der Waals surface area (Å²) in [6.45, 7) is 1.42. The summed E-state index contributed by atoms with van der Waals surface area (Å²) < 4.78 is 69.4. The van der Waals surface area contributed by atoms with Crippen LogP contribution >= 0.6 is 0 Å². The zero-order valence-corrected chi connectivity index (χ0v) is 19.3. The van der Waals surface area contributed by atoms with E-state index in [-0.39, 0.29) is 46.3 Å². The average molecular weight is 522 g/mol. The van der Waals surface area contributed by atoms with Gasteiger partial charge in [0.15, 0.2) is 17.5 Å². The molecule has 0 saturated heterocycles. The Morgan fingerprint density at radius 1 is 1.03 bits per heavy atom. The maximum Gasteiger partial charge on any atom is 0.293 e. The van der Waals surface area contributed by atoms with Gasteiger partial charge in [-0.2, -0.15) is 0 Å². The van der Waals surface area contributed by atoms with Gasteiger partial charge in [0.1, 0.15) is 11.2 Å². The smallest absolute Gasteiger partial charge is 0.293 e. The monoisotopic (exact) mass is 522 g/mol. The standard InChI is InChI=1S/C24H19F5N4O4/c1-7-11(19(34)21(36)32-23(22(37)30-2)5-24(28,29)6-23)17-12-13-14(12)18(13)33(17)16(7)20(35)31-8-3-9(25)15(27)10(26)4-8/h3-4,12-14,18H,5-6H2,1-2H3,(H,30,37)(H,31,35)(H,32,36)/t12?,13-,14?,18?/m0/s1. The minimum atomic E-state index is -3.18. The number of likely N-dealkylation sites (N-methyl/N-ethyl adjacent to an activating group) is 1. The zero-order valence-electron chi connectivity index (χ0n) is 19.3. The highest BCUT2D eigenvalue weighted by Crippen LogP contribution is 2.86. The molecule has 7 rings (SSSR count). The Morgan fingerprint density at radius 3 is 2.16 bits per heavy atom. The Labute approximate surface area is 205 Å². The number of ketones is 1. The van der Waals surface area contributed by atoms with Crippen molar-refractivity contribution in [2.45, 2.75) is 43.2 Å². The van der Waals surface area contributed by atoms with Crippen LogP contribution in [0.25, 0.3) is 0 Å². The molecule has 4 atom stereocenters. The first-order valence-corrected chi connectivity index (χ1v) is 11.5. The third-order valence-corrected chi connectivity index (χ3v) is 7.91. The summed E-state index contributed by atoms with van der Waals surface area (Å²) in [6.07, 6.45) is -1.92. The lowest BCUT2D eigenvalue weighted by atomic mass is 9.72. The molecule has 2 aliphatic heterocycles. The quantitative estimate of drug-likeness (QED) is 0.235. The van der Waals surface area contributed by atoms with E-state index in [1.807, 2.05) is 0 Å². The molecule has 13 heteroatoms. The van der Waals surface area contributed by atoms with Gasteiger partial charge >= 0.3 is 0 Å². The number of anilines is 1. The first kappa shape index (κ1) is 23.6. The van der Waals surface area contributed by atoms with Crippen LogP contribution in [0.4, 0.5) is 27.6 Å². The zero-order chi connectivity index (χ0) is 26.8. The second kappa shape index (κ2) is 7.17. The van der Waals surface area contributed by atoms with Crippen LogP contribution in [-0.2, 0) is 9.59 Å². The van der Waals surface area contributed by atoms with Crippen LogP contribution in [-0.4, -0.2) is 46.6 Å². The van der Waals surface area contributed by atoms with Crippen molar-refractivity contribution < 1.29 is 41.1 Å². The number of Topliss-reactive ketones (excluding diaryl/α,β-unsaturated/α-hetero) is 1. The van der Waals surface area contributed by atoms with Crippen molar-refractivity contribution in [2.24, 2.45) is 11.8 Å². The first-order valence-electron chi connectivity index (χ1n) is 11.5. The van der Waals surface area contributed by atoms with Crippen molar-refractivity contribution >= 4 is 29.2 Å². The highest BCUT2D eigenvalue weighted by atomic mass is 19.3. The third kappa shape index (κ3) is 3.12. The SMILES string of the molecule is CNC(=O)C1(NC(=O)C(=O)c2c(C)c(C(=O)Nc3cc(F)c(F)c(F)c3)n3c2C2C4C3[C@@H]24)CC(F)(F)C1. The lowest BCUT2D eigenvalue weighted by Crippen LogP contribution is -2.69. The number of carbonyl (C=O) groups is 4. The molecule has 0 radical (unpaired) electrons. The highest BCUT2D eigenvalue weighted by molar-refractivity contribution is 6.44. The Hall–Kier alpha value is -3.77. The molecule has 0 spiro atoms.